The first-order valence-corrected chi connectivity index (χ1v) is 8.25. The third kappa shape index (κ3) is 2.93. The average Bonchev–Trinajstić information content (AvgIpc) is 2.78. The summed E-state index contributed by atoms with van der Waals surface area (Å²) < 4.78 is 25.8. The van der Waals surface area contributed by atoms with Gasteiger partial charge in [0.05, 0.1) is 11.9 Å². The molecule has 2 heterocycles. The molecule has 0 aromatic carbocycles. The molecule has 2 N–H and O–H groups in total. The smallest absolute Gasteiger partial charge is 0.276 e. The van der Waals surface area contributed by atoms with Crippen LogP contribution in [-0.4, -0.2) is 65.7 Å². The molecule has 1 aliphatic rings. The number of nitrogens with zero attached hydrogens (tertiary/aromatic N) is 4. The Balaban J connectivity index is 2.07. The first-order valence-electron chi connectivity index (χ1n) is 6.40. The van der Waals surface area contributed by atoms with Gasteiger partial charge in [-0.25, -0.2) is 8.42 Å². The molecule has 0 saturated carbocycles. The van der Waals surface area contributed by atoms with Crippen molar-refractivity contribution in [1.82, 2.24) is 19.0 Å². The van der Waals surface area contributed by atoms with Crippen molar-refractivity contribution in [2.45, 2.75) is 13.5 Å². The number of aromatic nitrogens is 2. The maximum Gasteiger partial charge on any atom is 0.276 e. The second kappa shape index (κ2) is 5.41. The minimum absolute atomic E-state index is 0.236. The summed E-state index contributed by atoms with van der Waals surface area (Å²) in [4.78, 5) is 13.9. The standard InChI is InChI=1S/C11H19N5O3S/c1-3-15-8-9(12)10(13-15)11(17)14-4-6-16(7-5-14)20(2,18)19/h8H,3-7,12H2,1-2H3. The molecule has 112 valence electrons. The van der Waals surface area contributed by atoms with E-state index in [0.717, 1.165) is 0 Å². The largest absolute Gasteiger partial charge is 0.396 e. The van der Waals surface area contributed by atoms with Crippen molar-refractivity contribution in [3.05, 3.63) is 11.9 Å². The van der Waals surface area contributed by atoms with Gasteiger partial charge in [-0.3, -0.25) is 9.48 Å². The highest BCUT2D eigenvalue weighted by Crippen LogP contribution is 2.14. The van der Waals surface area contributed by atoms with Crippen LogP contribution < -0.4 is 5.73 Å². The van der Waals surface area contributed by atoms with E-state index in [2.05, 4.69) is 5.10 Å². The van der Waals surface area contributed by atoms with E-state index in [9.17, 15) is 13.2 Å². The lowest BCUT2D eigenvalue weighted by Crippen LogP contribution is -2.50. The zero-order valence-electron chi connectivity index (χ0n) is 11.6. The molecule has 2 rings (SSSR count). The van der Waals surface area contributed by atoms with Crippen molar-refractivity contribution in [1.29, 1.82) is 0 Å². The summed E-state index contributed by atoms with van der Waals surface area (Å²) in [5, 5.41) is 4.14. The molecular weight excluding hydrogens is 282 g/mol. The highest BCUT2D eigenvalue weighted by Gasteiger charge is 2.28. The number of amides is 1. The highest BCUT2D eigenvalue weighted by molar-refractivity contribution is 7.88. The normalized spacial score (nSPS) is 17.4. The quantitative estimate of drug-likeness (QED) is 0.788. The maximum atomic E-state index is 12.3. The molecule has 9 heteroatoms. The van der Waals surface area contributed by atoms with Crippen molar-refractivity contribution in [2.75, 3.05) is 38.2 Å². The van der Waals surface area contributed by atoms with Crippen LogP contribution >= 0.6 is 0 Å². The van der Waals surface area contributed by atoms with Crippen molar-refractivity contribution < 1.29 is 13.2 Å². The van der Waals surface area contributed by atoms with Crippen LogP contribution in [0.2, 0.25) is 0 Å². The van der Waals surface area contributed by atoms with Gasteiger partial charge >= 0.3 is 0 Å². The zero-order chi connectivity index (χ0) is 14.9. The summed E-state index contributed by atoms with van der Waals surface area (Å²) in [7, 11) is -3.20. The zero-order valence-corrected chi connectivity index (χ0v) is 12.4. The number of nitrogen functional groups attached to an aromatic ring is 1. The summed E-state index contributed by atoms with van der Waals surface area (Å²) in [6, 6.07) is 0. The van der Waals surface area contributed by atoms with E-state index in [-0.39, 0.29) is 11.6 Å². The number of hydrogen-bond donors (Lipinski definition) is 1. The van der Waals surface area contributed by atoms with Crippen molar-refractivity contribution in [3.8, 4) is 0 Å². The summed E-state index contributed by atoms with van der Waals surface area (Å²) >= 11 is 0. The Morgan fingerprint density at radius 3 is 2.40 bits per heavy atom. The lowest BCUT2D eigenvalue weighted by Gasteiger charge is -2.32. The van der Waals surface area contributed by atoms with Crippen LogP contribution in [0.25, 0.3) is 0 Å². The fraction of sp³-hybridized carbons (Fsp3) is 0.636. The van der Waals surface area contributed by atoms with E-state index in [1.807, 2.05) is 6.92 Å². The molecule has 0 radical (unpaired) electrons. The van der Waals surface area contributed by atoms with E-state index in [1.54, 1.807) is 15.8 Å². The van der Waals surface area contributed by atoms with E-state index in [0.29, 0.717) is 38.4 Å². The third-order valence-corrected chi connectivity index (χ3v) is 4.61. The first kappa shape index (κ1) is 14.8. The van der Waals surface area contributed by atoms with E-state index in [4.69, 9.17) is 5.73 Å². The minimum atomic E-state index is -3.20. The molecule has 0 spiro atoms. The third-order valence-electron chi connectivity index (χ3n) is 3.31. The average molecular weight is 301 g/mol. The van der Waals surface area contributed by atoms with Crippen molar-refractivity contribution >= 4 is 21.6 Å². The summed E-state index contributed by atoms with van der Waals surface area (Å²) in [6.45, 7) is 3.86. The fourth-order valence-electron chi connectivity index (χ4n) is 2.14. The van der Waals surface area contributed by atoms with Gasteiger partial charge in [0, 0.05) is 38.9 Å². The number of anilines is 1. The molecule has 0 bridgehead atoms. The van der Waals surface area contributed by atoms with Gasteiger partial charge in [-0.05, 0) is 6.92 Å². The van der Waals surface area contributed by atoms with Crippen LogP contribution in [0.15, 0.2) is 6.20 Å². The van der Waals surface area contributed by atoms with E-state index in [1.165, 1.54) is 10.6 Å². The van der Waals surface area contributed by atoms with Gasteiger partial charge in [0.15, 0.2) is 5.69 Å². The molecule has 1 aliphatic heterocycles. The molecular formula is C11H19N5O3S. The molecule has 1 aromatic heterocycles. The van der Waals surface area contributed by atoms with Gasteiger partial charge in [0.25, 0.3) is 5.91 Å². The fourth-order valence-corrected chi connectivity index (χ4v) is 2.96. The Kier molecular flexibility index (Phi) is 4.00. The Morgan fingerprint density at radius 2 is 1.95 bits per heavy atom. The molecule has 1 amide bonds. The molecule has 1 saturated heterocycles. The van der Waals surface area contributed by atoms with E-state index < -0.39 is 10.0 Å². The second-order valence-corrected chi connectivity index (χ2v) is 6.73. The number of carbonyl (C=O) groups is 1. The van der Waals surface area contributed by atoms with Crippen molar-refractivity contribution in [2.24, 2.45) is 0 Å². The van der Waals surface area contributed by atoms with Crippen LogP contribution in [0.4, 0.5) is 5.69 Å². The second-order valence-electron chi connectivity index (χ2n) is 4.74. The Hall–Kier alpha value is -1.61. The molecule has 1 fully saturated rings. The number of carbonyl (C=O) groups excluding carboxylic acids is 1. The summed E-state index contributed by atoms with van der Waals surface area (Å²) in [6.07, 6.45) is 2.80. The van der Waals surface area contributed by atoms with Crippen LogP contribution in [0.5, 0.6) is 0 Å². The predicted octanol–water partition coefficient (Wildman–Crippen LogP) is -0.797. The lowest BCUT2D eigenvalue weighted by molar-refractivity contribution is 0.0692. The summed E-state index contributed by atoms with van der Waals surface area (Å²) in [5.41, 5.74) is 6.37. The maximum absolute atomic E-state index is 12.3. The molecule has 8 nitrogen and oxygen atoms in total. The van der Waals surface area contributed by atoms with Gasteiger partial charge < -0.3 is 10.6 Å². The van der Waals surface area contributed by atoms with Crippen LogP contribution in [0.3, 0.4) is 0 Å². The molecule has 0 unspecified atom stereocenters. The van der Waals surface area contributed by atoms with Gasteiger partial charge in [0.2, 0.25) is 10.0 Å². The Morgan fingerprint density at radius 1 is 1.35 bits per heavy atom. The first-order chi connectivity index (χ1) is 9.32. The SMILES string of the molecule is CCn1cc(N)c(C(=O)N2CCN(S(C)(=O)=O)CC2)n1. The number of aryl methyl sites for hydroxylation is 1. The van der Waals surface area contributed by atoms with Crippen LogP contribution in [0, 0.1) is 0 Å². The van der Waals surface area contributed by atoms with Gasteiger partial charge in [-0.1, -0.05) is 0 Å². The number of nitrogens with two attached hydrogens (primary N) is 1. The van der Waals surface area contributed by atoms with Gasteiger partial charge in [-0.15, -0.1) is 0 Å². The number of sulfonamides is 1. The van der Waals surface area contributed by atoms with Gasteiger partial charge in [0.1, 0.15) is 0 Å². The lowest BCUT2D eigenvalue weighted by atomic mass is 10.3. The highest BCUT2D eigenvalue weighted by atomic mass is 32.2. The van der Waals surface area contributed by atoms with Crippen molar-refractivity contribution in [3.63, 3.8) is 0 Å². The molecule has 20 heavy (non-hydrogen) atoms. The minimum Gasteiger partial charge on any atom is -0.396 e. The summed E-state index contributed by atoms with van der Waals surface area (Å²) in [5.74, 6) is -0.247. The van der Waals surface area contributed by atoms with Crippen LogP contribution in [-0.2, 0) is 16.6 Å². The molecule has 0 atom stereocenters. The Bertz CT molecular complexity index is 602. The number of rotatable bonds is 3. The van der Waals surface area contributed by atoms with Crippen LogP contribution in [0.1, 0.15) is 17.4 Å². The molecule has 1 aromatic rings. The molecule has 0 aliphatic carbocycles. The monoisotopic (exact) mass is 301 g/mol. The number of hydrogen-bond acceptors (Lipinski definition) is 5. The van der Waals surface area contributed by atoms with E-state index >= 15 is 0 Å². The van der Waals surface area contributed by atoms with Gasteiger partial charge in [-0.2, -0.15) is 9.40 Å². The number of piperazine rings is 1. The predicted molar refractivity (Wildman–Crippen MR) is 74.6 cm³/mol. The topological polar surface area (TPSA) is 102 Å². The Labute approximate surface area is 118 Å².